The van der Waals surface area contributed by atoms with E-state index in [4.69, 9.17) is 0 Å². The van der Waals surface area contributed by atoms with Crippen molar-refractivity contribution in [3.8, 4) is 0 Å². The van der Waals surface area contributed by atoms with Gasteiger partial charge in [-0.2, -0.15) is 5.10 Å². The maximum atomic E-state index is 11.7. The molecule has 3 aromatic heterocycles. The van der Waals surface area contributed by atoms with Crippen LogP contribution in [0.1, 0.15) is 5.69 Å². The zero-order valence-corrected chi connectivity index (χ0v) is 13.7. The molecule has 4 rings (SSSR count). The molecule has 0 bridgehead atoms. The number of nitrogens with zero attached hydrogens (tertiary/aromatic N) is 6. The van der Waals surface area contributed by atoms with Crippen molar-refractivity contribution < 1.29 is 0 Å². The van der Waals surface area contributed by atoms with Crippen molar-refractivity contribution in [2.75, 3.05) is 31.1 Å². The van der Waals surface area contributed by atoms with Gasteiger partial charge in [0.1, 0.15) is 5.65 Å². The lowest BCUT2D eigenvalue weighted by Crippen LogP contribution is -2.46. The van der Waals surface area contributed by atoms with Gasteiger partial charge >= 0.3 is 0 Å². The number of rotatable bonds is 3. The summed E-state index contributed by atoms with van der Waals surface area (Å²) in [5.41, 5.74) is 2.91. The molecule has 0 spiro atoms. The first-order valence-corrected chi connectivity index (χ1v) is 8.12. The Hall–Kier alpha value is -2.67. The number of anilines is 1. The summed E-state index contributed by atoms with van der Waals surface area (Å²) in [5, 5.41) is 4.10. The van der Waals surface area contributed by atoms with Gasteiger partial charge in [0.05, 0.1) is 17.6 Å². The van der Waals surface area contributed by atoms with E-state index in [2.05, 4.69) is 30.5 Å². The third-order valence-electron chi connectivity index (χ3n) is 4.49. The summed E-state index contributed by atoms with van der Waals surface area (Å²) >= 11 is 0. The molecule has 0 aromatic carbocycles. The molecule has 0 atom stereocenters. The first kappa shape index (κ1) is 14.9. The van der Waals surface area contributed by atoms with E-state index in [9.17, 15) is 4.79 Å². The Bertz CT molecular complexity index is 874. The minimum atomic E-state index is -0.0698. The Morgan fingerprint density at radius 1 is 1.17 bits per heavy atom. The van der Waals surface area contributed by atoms with Crippen molar-refractivity contribution in [1.29, 1.82) is 0 Å². The Morgan fingerprint density at radius 3 is 2.75 bits per heavy atom. The van der Waals surface area contributed by atoms with Crippen LogP contribution < -0.4 is 10.5 Å². The van der Waals surface area contributed by atoms with Gasteiger partial charge in [0.15, 0.2) is 0 Å². The number of hydrogen-bond acceptors (Lipinski definition) is 5. The zero-order valence-electron chi connectivity index (χ0n) is 13.7. The van der Waals surface area contributed by atoms with Crippen molar-refractivity contribution >= 4 is 11.3 Å². The van der Waals surface area contributed by atoms with Crippen molar-refractivity contribution in [1.82, 2.24) is 24.1 Å². The molecular formula is C17H20N6O. The highest BCUT2D eigenvalue weighted by atomic mass is 16.1. The third-order valence-corrected chi connectivity index (χ3v) is 4.49. The summed E-state index contributed by atoms with van der Waals surface area (Å²) in [5.74, 6) is 0. The third kappa shape index (κ3) is 2.90. The average molecular weight is 324 g/mol. The van der Waals surface area contributed by atoms with E-state index in [0.717, 1.165) is 49.8 Å². The number of fused-ring (bicyclic) bond motifs is 1. The molecule has 0 amide bonds. The van der Waals surface area contributed by atoms with E-state index in [1.165, 1.54) is 4.68 Å². The van der Waals surface area contributed by atoms with Gasteiger partial charge in [-0.05, 0) is 12.1 Å². The van der Waals surface area contributed by atoms with Gasteiger partial charge in [-0.1, -0.05) is 6.07 Å². The van der Waals surface area contributed by atoms with Crippen molar-refractivity contribution in [2.24, 2.45) is 7.05 Å². The molecule has 4 heterocycles. The lowest BCUT2D eigenvalue weighted by atomic mass is 10.2. The molecule has 0 saturated carbocycles. The topological polar surface area (TPSA) is 58.7 Å². The monoisotopic (exact) mass is 324 g/mol. The molecule has 1 aliphatic heterocycles. The van der Waals surface area contributed by atoms with Crippen LogP contribution in [-0.2, 0) is 13.6 Å². The molecule has 1 saturated heterocycles. The maximum absolute atomic E-state index is 11.7. The van der Waals surface area contributed by atoms with Crippen molar-refractivity contribution in [2.45, 2.75) is 6.54 Å². The van der Waals surface area contributed by atoms with Gasteiger partial charge in [0, 0.05) is 58.2 Å². The molecule has 7 nitrogen and oxygen atoms in total. The standard InChI is InChI=1S/C17H20N6O/c1-20-17(24)10-15(11-18-20)22-8-6-21(7-9-22)12-14-13-23-5-3-2-4-16(23)19-14/h2-5,10-11,13H,6-9,12H2,1H3. The minimum absolute atomic E-state index is 0.0698. The van der Waals surface area contributed by atoms with E-state index in [0.29, 0.717) is 0 Å². The average Bonchev–Trinajstić information content (AvgIpc) is 3.00. The van der Waals surface area contributed by atoms with Gasteiger partial charge < -0.3 is 9.30 Å². The minimum Gasteiger partial charge on any atom is -0.368 e. The first-order chi connectivity index (χ1) is 11.7. The van der Waals surface area contributed by atoms with Crippen LogP contribution >= 0.6 is 0 Å². The predicted molar refractivity (Wildman–Crippen MR) is 92.2 cm³/mol. The molecule has 124 valence electrons. The van der Waals surface area contributed by atoms with Crippen LogP contribution in [0.5, 0.6) is 0 Å². The normalized spacial score (nSPS) is 16.0. The van der Waals surface area contributed by atoms with E-state index in [1.807, 2.05) is 24.4 Å². The molecule has 0 unspecified atom stereocenters. The Labute approximate surface area is 139 Å². The SMILES string of the molecule is Cn1ncc(N2CCN(Cc3cn4ccccc4n3)CC2)cc1=O. The lowest BCUT2D eigenvalue weighted by Gasteiger charge is -2.35. The fraction of sp³-hybridized carbons (Fsp3) is 0.353. The van der Waals surface area contributed by atoms with Crippen LogP contribution in [0.3, 0.4) is 0 Å². The van der Waals surface area contributed by atoms with Crippen molar-refractivity contribution in [3.05, 3.63) is 58.9 Å². The molecule has 7 heteroatoms. The Morgan fingerprint density at radius 2 is 2.00 bits per heavy atom. The van der Waals surface area contributed by atoms with E-state index >= 15 is 0 Å². The quantitative estimate of drug-likeness (QED) is 0.712. The number of hydrogen-bond donors (Lipinski definition) is 0. The van der Waals surface area contributed by atoms with Crippen LogP contribution in [0.15, 0.2) is 47.7 Å². The number of imidazole rings is 1. The number of piperazine rings is 1. The highest BCUT2D eigenvalue weighted by Gasteiger charge is 2.19. The second-order valence-corrected chi connectivity index (χ2v) is 6.14. The largest absolute Gasteiger partial charge is 0.368 e. The molecular weight excluding hydrogens is 304 g/mol. The second kappa shape index (κ2) is 6.09. The number of pyridine rings is 1. The lowest BCUT2D eigenvalue weighted by molar-refractivity contribution is 0.247. The maximum Gasteiger partial charge on any atom is 0.268 e. The number of aromatic nitrogens is 4. The predicted octanol–water partition coefficient (Wildman–Crippen LogP) is 0.750. The van der Waals surface area contributed by atoms with Gasteiger partial charge in [-0.25, -0.2) is 9.67 Å². The van der Waals surface area contributed by atoms with Crippen LogP contribution in [0, 0.1) is 0 Å². The molecule has 0 aliphatic carbocycles. The van der Waals surface area contributed by atoms with Crippen LogP contribution in [-0.4, -0.2) is 50.2 Å². The second-order valence-electron chi connectivity index (χ2n) is 6.14. The van der Waals surface area contributed by atoms with Gasteiger partial charge in [-0.15, -0.1) is 0 Å². The molecule has 0 N–H and O–H groups in total. The Kier molecular flexibility index (Phi) is 3.78. The first-order valence-electron chi connectivity index (χ1n) is 8.12. The van der Waals surface area contributed by atoms with E-state index < -0.39 is 0 Å². The molecule has 24 heavy (non-hydrogen) atoms. The van der Waals surface area contributed by atoms with Crippen LogP contribution in [0.4, 0.5) is 5.69 Å². The van der Waals surface area contributed by atoms with Crippen LogP contribution in [0.2, 0.25) is 0 Å². The van der Waals surface area contributed by atoms with Gasteiger partial charge in [-0.3, -0.25) is 9.69 Å². The summed E-state index contributed by atoms with van der Waals surface area (Å²) in [6.07, 6.45) is 5.87. The summed E-state index contributed by atoms with van der Waals surface area (Å²) in [6.45, 7) is 4.53. The molecule has 1 aliphatic rings. The smallest absolute Gasteiger partial charge is 0.268 e. The summed E-state index contributed by atoms with van der Waals surface area (Å²) in [6, 6.07) is 7.69. The van der Waals surface area contributed by atoms with Crippen molar-refractivity contribution in [3.63, 3.8) is 0 Å². The van der Waals surface area contributed by atoms with Gasteiger partial charge in [0.25, 0.3) is 5.56 Å². The molecule has 3 aromatic rings. The number of aryl methyl sites for hydroxylation is 1. The molecule has 1 fully saturated rings. The molecule has 0 radical (unpaired) electrons. The van der Waals surface area contributed by atoms with Gasteiger partial charge in [0.2, 0.25) is 0 Å². The van der Waals surface area contributed by atoms with E-state index in [-0.39, 0.29) is 5.56 Å². The highest BCUT2D eigenvalue weighted by molar-refractivity contribution is 5.43. The fourth-order valence-electron chi connectivity index (χ4n) is 3.09. The zero-order chi connectivity index (χ0) is 16.5. The fourth-order valence-corrected chi connectivity index (χ4v) is 3.09. The summed E-state index contributed by atoms with van der Waals surface area (Å²) in [4.78, 5) is 21.0. The summed E-state index contributed by atoms with van der Waals surface area (Å²) in [7, 11) is 1.67. The Balaban J connectivity index is 1.40. The van der Waals surface area contributed by atoms with E-state index in [1.54, 1.807) is 19.3 Å². The summed E-state index contributed by atoms with van der Waals surface area (Å²) < 4.78 is 3.40. The highest BCUT2D eigenvalue weighted by Crippen LogP contribution is 2.15. The van der Waals surface area contributed by atoms with Crippen LogP contribution in [0.25, 0.3) is 5.65 Å².